The second kappa shape index (κ2) is 14.2. The third kappa shape index (κ3) is 7.89. The van der Waals surface area contributed by atoms with Gasteiger partial charge in [-0.2, -0.15) is 0 Å². The van der Waals surface area contributed by atoms with E-state index in [1.54, 1.807) is 17.0 Å². The Morgan fingerprint density at radius 3 is 2.58 bits per heavy atom. The van der Waals surface area contributed by atoms with Gasteiger partial charge < -0.3 is 26.2 Å². The van der Waals surface area contributed by atoms with E-state index in [1.807, 2.05) is 43.3 Å². The second-order valence-corrected chi connectivity index (χ2v) is 11.8. The fraction of sp³-hybridized carbons (Fsp3) is 0.500. The van der Waals surface area contributed by atoms with Crippen molar-refractivity contribution in [3.05, 3.63) is 69.7 Å². The summed E-state index contributed by atoms with van der Waals surface area (Å²) in [5, 5.41) is 12.0. The van der Waals surface area contributed by atoms with Gasteiger partial charge >= 0.3 is 6.03 Å². The molecule has 2 aliphatic rings. The SMILES string of the molecule is CCNC(=O)[C@]1(Cc2ccccc2)CCCN(C(=O)[C@@H](Cc2ccc(Cl)c(Cl)c2)NC(=O)N[C@@H]2CCC[NH2+]C2)C1. The average molecular weight is 590 g/mol. The van der Waals surface area contributed by atoms with Crippen molar-refractivity contribution in [2.45, 2.75) is 57.5 Å². The standard InChI is InChI=1S/C30H39Cl2N5O3/c1-2-34-28(39)30(18-21-8-4-3-5-9-21)13-7-15-37(20-30)27(38)26(17-22-11-12-24(31)25(32)16-22)36-29(40)35-23-10-6-14-33-19-23/h3-5,8-9,11-12,16,23,26,33H,2,6-7,10,13-15,17-20H2,1H3,(H,34,39)(H2,35,36,40)/p+1/t23-,26-,30+/m1/s1. The number of likely N-dealkylation sites (tertiary alicyclic amines) is 1. The zero-order valence-electron chi connectivity index (χ0n) is 23.1. The van der Waals surface area contributed by atoms with Crippen LogP contribution in [0, 0.1) is 5.41 Å². The Hall–Kier alpha value is -2.81. The largest absolute Gasteiger partial charge is 0.356 e. The number of rotatable bonds is 9. The molecule has 4 rings (SSSR count). The summed E-state index contributed by atoms with van der Waals surface area (Å²) >= 11 is 12.4. The smallest absolute Gasteiger partial charge is 0.315 e. The highest BCUT2D eigenvalue weighted by atomic mass is 35.5. The molecule has 0 spiro atoms. The Balaban J connectivity index is 1.56. The third-order valence-corrected chi connectivity index (χ3v) is 8.61. The maximum absolute atomic E-state index is 14.1. The first-order chi connectivity index (χ1) is 19.3. The number of piperidine rings is 2. The van der Waals surface area contributed by atoms with Crippen LogP contribution in [0.5, 0.6) is 0 Å². The van der Waals surface area contributed by atoms with Crippen molar-refractivity contribution in [2.24, 2.45) is 5.41 Å². The number of halogens is 2. The van der Waals surface area contributed by atoms with Crippen molar-refractivity contribution >= 4 is 41.0 Å². The highest BCUT2D eigenvalue weighted by Crippen LogP contribution is 2.35. The quantitative estimate of drug-likeness (QED) is 0.362. The molecule has 5 N–H and O–H groups in total. The van der Waals surface area contributed by atoms with Crippen molar-refractivity contribution < 1.29 is 19.7 Å². The van der Waals surface area contributed by atoms with Crippen molar-refractivity contribution in [1.29, 1.82) is 0 Å². The van der Waals surface area contributed by atoms with E-state index >= 15 is 0 Å². The Bertz CT molecular complexity index is 1180. The van der Waals surface area contributed by atoms with Gasteiger partial charge in [0.2, 0.25) is 11.8 Å². The predicted molar refractivity (Wildman–Crippen MR) is 157 cm³/mol. The number of hydrogen-bond donors (Lipinski definition) is 4. The first-order valence-electron chi connectivity index (χ1n) is 14.2. The number of nitrogens with one attached hydrogen (secondary N) is 3. The van der Waals surface area contributed by atoms with Crippen LogP contribution in [0.4, 0.5) is 4.79 Å². The lowest BCUT2D eigenvalue weighted by molar-refractivity contribution is -0.664. The number of carbonyl (C=O) groups excluding carboxylic acids is 3. The normalized spacial score (nSPS) is 21.8. The van der Waals surface area contributed by atoms with Gasteiger partial charge in [0.05, 0.1) is 34.6 Å². The first kappa shape index (κ1) is 30.2. The predicted octanol–water partition coefficient (Wildman–Crippen LogP) is 2.92. The molecular formula is C30H40Cl2N5O3+. The summed E-state index contributed by atoms with van der Waals surface area (Å²) in [6.07, 6.45) is 4.11. The summed E-state index contributed by atoms with van der Waals surface area (Å²) < 4.78 is 0. The number of hydrogen-bond acceptors (Lipinski definition) is 3. The van der Waals surface area contributed by atoms with E-state index in [2.05, 4.69) is 21.3 Å². The van der Waals surface area contributed by atoms with Crippen LogP contribution in [0.1, 0.15) is 43.7 Å². The lowest BCUT2D eigenvalue weighted by Gasteiger charge is -2.43. The van der Waals surface area contributed by atoms with Crippen molar-refractivity contribution in [1.82, 2.24) is 20.9 Å². The summed E-state index contributed by atoms with van der Waals surface area (Å²) in [4.78, 5) is 42.4. The van der Waals surface area contributed by atoms with E-state index < -0.39 is 11.5 Å². The van der Waals surface area contributed by atoms with E-state index in [1.165, 1.54) is 0 Å². The molecule has 216 valence electrons. The fourth-order valence-electron chi connectivity index (χ4n) is 5.85. The maximum atomic E-state index is 14.1. The molecule has 0 unspecified atom stereocenters. The van der Waals surface area contributed by atoms with Gasteiger partial charge in [-0.05, 0) is 62.3 Å². The molecule has 4 amide bonds. The van der Waals surface area contributed by atoms with E-state index in [0.717, 1.165) is 37.1 Å². The van der Waals surface area contributed by atoms with E-state index in [4.69, 9.17) is 23.2 Å². The third-order valence-electron chi connectivity index (χ3n) is 7.87. The maximum Gasteiger partial charge on any atom is 0.315 e. The van der Waals surface area contributed by atoms with Crippen LogP contribution in [0.2, 0.25) is 10.0 Å². The molecule has 10 heteroatoms. The molecule has 2 aromatic carbocycles. The molecule has 0 aromatic heterocycles. The Labute approximate surface area is 246 Å². The Kier molecular flexibility index (Phi) is 10.7. The molecule has 2 aliphatic heterocycles. The molecule has 2 heterocycles. The topological polar surface area (TPSA) is 107 Å². The summed E-state index contributed by atoms with van der Waals surface area (Å²) in [5.41, 5.74) is 1.09. The number of nitrogens with zero attached hydrogens (tertiary/aromatic N) is 1. The summed E-state index contributed by atoms with van der Waals surface area (Å²) in [7, 11) is 0. The molecule has 0 saturated carbocycles. The first-order valence-corrected chi connectivity index (χ1v) is 15.0. The number of benzene rings is 2. The fourth-order valence-corrected chi connectivity index (χ4v) is 6.17. The minimum absolute atomic E-state index is 0.0448. The minimum Gasteiger partial charge on any atom is -0.356 e. The van der Waals surface area contributed by atoms with Gasteiger partial charge in [0.15, 0.2) is 0 Å². The number of urea groups is 1. The summed E-state index contributed by atoms with van der Waals surface area (Å²) in [5.74, 6) is -0.255. The molecule has 3 atom stereocenters. The van der Waals surface area contributed by atoms with E-state index in [9.17, 15) is 14.4 Å². The molecule has 0 bridgehead atoms. The van der Waals surface area contributed by atoms with Gasteiger partial charge in [0.1, 0.15) is 6.04 Å². The Morgan fingerprint density at radius 2 is 1.88 bits per heavy atom. The van der Waals surface area contributed by atoms with Gasteiger partial charge in [-0.3, -0.25) is 9.59 Å². The van der Waals surface area contributed by atoms with Crippen LogP contribution in [0.25, 0.3) is 0 Å². The highest BCUT2D eigenvalue weighted by molar-refractivity contribution is 6.42. The average Bonchev–Trinajstić information content (AvgIpc) is 2.95. The van der Waals surface area contributed by atoms with Crippen LogP contribution in [0.15, 0.2) is 48.5 Å². The number of amides is 4. The number of quaternary nitrogens is 1. The molecule has 0 aliphatic carbocycles. The molecule has 2 fully saturated rings. The zero-order valence-corrected chi connectivity index (χ0v) is 24.6. The second-order valence-electron chi connectivity index (χ2n) is 10.9. The van der Waals surface area contributed by atoms with Crippen LogP contribution < -0.4 is 21.3 Å². The lowest BCUT2D eigenvalue weighted by atomic mass is 9.74. The van der Waals surface area contributed by atoms with Crippen molar-refractivity contribution in [3.63, 3.8) is 0 Å². The van der Waals surface area contributed by atoms with Crippen LogP contribution in [-0.2, 0) is 22.4 Å². The summed E-state index contributed by atoms with van der Waals surface area (Å²) in [6.45, 7) is 5.10. The number of nitrogens with two attached hydrogens (primary N) is 1. The van der Waals surface area contributed by atoms with E-state index in [0.29, 0.717) is 42.4 Å². The van der Waals surface area contributed by atoms with Gasteiger partial charge in [-0.15, -0.1) is 0 Å². The zero-order chi connectivity index (χ0) is 28.5. The molecule has 2 saturated heterocycles. The van der Waals surface area contributed by atoms with Gasteiger partial charge in [0.25, 0.3) is 0 Å². The highest BCUT2D eigenvalue weighted by Gasteiger charge is 2.44. The number of carbonyl (C=O) groups is 3. The van der Waals surface area contributed by atoms with Gasteiger partial charge in [0, 0.05) is 26.1 Å². The Morgan fingerprint density at radius 1 is 1.07 bits per heavy atom. The van der Waals surface area contributed by atoms with Crippen molar-refractivity contribution in [3.8, 4) is 0 Å². The van der Waals surface area contributed by atoms with Crippen molar-refractivity contribution in [2.75, 3.05) is 32.7 Å². The van der Waals surface area contributed by atoms with Gasteiger partial charge in [-0.1, -0.05) is 59.6 Å². The van der Waals surface area contributed by atoms with Gasteiger partial charge in [-0.25, -0.2) is 4.79 Å². The monoisotopic (exact) mass is 588 g/mol. The van der Waals surface area contributed by atoms with Crippen LogP contribution in [0.3, 0.4) is 0 Å². The molecule has 8 nitrogen and oxygen atoms in total. The lowest BCUT2D eigenvalue weighted by Crippen LogP contribution is -2.89. The van der Waals surface area contributed by atoms with Crippen LogP contribution >= 0.6 is 23.2 Å². The molecular weight excluding hydrogens is 549 g/mol. The van der Waals surface area contributed by atoms with E-state index in [-0.39, 0.29) is 36.9 Å². The molecule has 40 heavy (non-hydrogen) atoms. The molecule has 2 aromatic rings. The summed E-state index contributed by atoms with van der Waals surface area (Å²) in [6, 6.07) is 14.0. The minimum atomic E-state index is -0.827. The molecule has 0 radical (unpaired) electrons. The van der Waals surface area contributed by atoms with Crippen LogP contribution in [-0.4, -0.2) is 67.6 Å².